The third-order valence-corrected chi connectivity index (χ3v) is 5.16. The molecule has 0 saturated heterocycles. The van der Waals surface area contributed by atoms with Gasteiger partial charge in [-0.3, -0.25) is 4.79 Å². The van der Waals surface area contributed by atoms with E-state index in [4.69, 9.17) is 23.4 Å². The van der Waals surface area contributed by atoms with Crippen LogP contribution < -0.4 is 10.5 Å². The number of ether oxygens (including phenoxy) is 4. The van der Waals surface area contributed by atoms with Crippen LogP contribution >= 0.6 is 0 Å². The van der Waals surface area contributed by atoms with Gasteiger partial charge in [0.25, 0.3) is 0 Å². The van der Waals surface area contributed by atoms with Crippen LogP contribution in [0.25, 0.3) is 11.0 Å². The van der Waals surface area contributed by atoms with E-state index in [0.717, 1.165) is 24.2 Å². The SMILES string of the molecule is CCOCCOCCOCCOCCCC(=O)c1cc2ccc(N(CC)CC)cc2oc1=O. The Hall–Kier alpha value is -2.26. The van der Waals surface area contributed by atoms with Crippen molar-refractivity contribution in [2.75, 3.05) is 70.8 Å². The van der Waals surface area contributed by atoms with Gasteiger partial charge in [0, 0.05) is 49.9 Å². The van der Waals surface area contributed by atoms with Gasteiger partial charge in [0.2, 0.25) is 0 Å². The molecular weight excluding hydrogens is 426 g/mol. The molecule has 2 aromatic rings. The topological polar surface area (TPSA) is 87.4 Å². The van der Waals surface area contributed by atoms with Crippen LogP contribution in [-0.2, 0) is 18.9 Å². The number of rotatable bonds is 18. The zero-order valence-electron chi connectivity index (χ0n) is 20.1. The van der Waals surface area contributed by atoms with Crippen LogP contribution in [0.15, 0.2) is 33.5 Å². The summed E-state index contributed by atoms with van der Waals surface area (Å²) in [5.41, 5.74) is 0.974. The van der Waals surface area contributed by atoms with Crippen molar-refractivity contribution in [2.45, 2.75) is 33.6 Å². The zero-order valence-corrected chi connectivity index (χ0v) is 20.1. The third-order valence-electron chi connectivity index (χ3n) is 5.16. The molecule has 1 aromatic heterocycles. The van der Waals surface area contributed by atoms with Gasteiger partial charge < -0.3 is 28.3 Å². The second-order valence-corrected chi connectivity index (χ2v) is 7.40. The van der Waals surface area contributed by atoms with E-state index >= 15 is 0 Å². The number of hydrogen-bond donors (Lipinski definition) is 0. The van der Waals surface area contributed by atoms with Gasteiger partial charge in [0.05, 0.1) is 39.6 Å². The van der Waals surface area contributed by atoms with Crippen LogP contribution in [0.4, 0.5) is 5.69 Å². The lowest BCUT2D eigenvalue weighted by atomic mass is 10.1. The Morgan fingerprint density at radius 1 is 0.848 bits per heavy atom. The smallest absolute Gasteiger partial charge is 0.347 e. The molecule has 1 aromatic carbocycles. The molecule has 8 heteroatoms. The van der Waals surface area contributed by atoms with Gasteiger partial charge in [0.1, 0.15) is 11.1 Å². The van der Waals surface area contributed by atoms with Crippen LogP contribution in [0, 0.1) is 0 Å². The first-order valence-corrected chi connectivity index (χ1v) is 11.8. The molecule has 0 amide bonds. The summed E-state index contributed by atoms with van der Waals surface area (Å²) in [6, 6.07) is 7.34. The summed E-state index contributed by atoms with van der Waals surface area (Å²) in [4.78, 5) is 27.0. The molecule has 184 valence electrons. The van der Waals surface area contributed by atoms with Crippen molar-refractivity contribution in [3.05, 3.63) is 40.2 Å². The fourth-order valence-electron chi connectivity index (χ4n) is 3.35. The lowest BCUT2D eigenvalue weighted by Gasteiger charge is -2.20. The van der Waals surface area contributed by atoms with E-state index in [0.29, 0.717) is 64.9 Å². The number of carbonyl (C=O) groups excluding carboxylic acids is 1. The second kappa shape index (κ2) is 15.6. The van der Waals surface area contributed by atoms with Crippen molar-refractivity contribution in [1.82, 2.24) is 0 Å². The summed E-state index contributed by atoms with van der Waals surface area (Å²) >= 11 is 0. The van der Waals surface area contributed by atoms with E-state index < -0.39 is 5.63 Å². The Morgan fingerprint density at radius 2 is 1.45 bits per heavy atom. The van der Waals surface area contributed by atoms with Crippen LogP contribution in [0.1, 0.15) is 44.0 Å². The maximum atomic E-state index is 12.5. The Kier molecular flexibility index (Phi) is 12.7. The van der Waals surface area contributed by atoms with Gasteiger partial charge >= 0.3 is 5.63 Å². The number of fused-ring (bicyclic) bond motifs is 1. The van der Waals surface area contributed by atoms with Crippen molar-refractivity contribution in [2.24, 2.45) is 0 Å². The third kappa shape index (κ3) is 9.25. The molecule has 0 radical (unpaired) electrons. The molecule has 0 saturated carbocycles. The molecule has 0 spiro atoms. The summed E-state index contributed by atoms with van der Waals surface area (Å²) in [6.07, 6.45) is 0.750. The highest BCUT2D eigenvalue weighted by Crippen LogP contribution is 2.22. The molecule has 0 bridgehead atoms. The highest BCUT2D eigenvalue weighted by Gasteiger charge is 2.14. The molecule has 0 N–H and O–H groups in total. The van der Waals surface area contributed by atoms with Gasteiger partial charge in [-0.15, -0.1) is 0 Å². The molecule has 8 nitrogen and oxygen atoms in total. The number of nitrogens with zero attached hydrogens (tertiary/aromatic N) is 1. The number of Topliss-reactive ketones (excluding diaryl/α,β-unsaturated/α-hetero) is 1. The van der Waals surface area contributed by atoms with Crippen molar-refractivity contribution in [3.8, 4) is 0 Å². The number of benzene rings is 1. The van der Waals surface area contributed by atoms with E-state index in [1.807, 2.05) is 25.1 Å². The summed E-state index contributed by atoms with van der Waals surface area (Å²) in [5, 5.41) is 0.740. The first kappa shape index (κ1) is 27.0. The molecule has 1 heterocycles. The van der Waals surface area contributed by atoms with Crippen LogP contribution in [0.2, 0.25) is 0 Å². The summed E-state index contributed by atoms with van der Waals surface area (Å²) in [7, 11) is 0. The average Bonchev–Trinajstić information content (AvgIpc) is 2.82. The Morgan fingerprint density at radius 3 is 2.06 bits per heavy atom. The standard InChI is InChI=1S/C25H37NO7/c1-4-26(5-2)21-10-9-20-18-22(25(28)33-24(20)19-21)23(27)8-7-11-30-14-15-32-17-16-31-13-12-29-6-3/h9-10,18-19H,4-8,11-17H2,1-3H3. The molecule has 0 unspecified atom stereocenters. The van der Waals surface area contributed by atoms with Crippen LogP contribution in [0.5, 0.6) is 0 Å². The van der Waals surface area contributed by atoms with Gasteiger partial charge in [0.15, 0.2) is 5.78 Å². The number of ketones is 1. The molecule has 2 rings (SSSR count). The van der Waals surface area contributed by atoms with Crippen molar-refractivity contribution < 1.29 is 28.2 Å². The van der Waals surface area contributed by atoms with E-state index in [1.165, 1.54) is 0 Å². The summed E-state index contributed by atoms with van der Waals surface area (Å²) in [5.74, 6) is -0.234. The Bertz CT molecular complexity index is 892. The van der Waals surface area contributed by atoms with Crippen LogP contribution in [-0.4, -0.2) is 71.7 Å². The molecule has 0 fully saturated rings. The van der Waals surface area contributed by atoms with Gasteiger partial charge in [-0.05, 0) is 45.4 Å². The summed E-state index contributed by atoms with van der Waals surface area (Å²) < 4.78 is 26.9. The Labute approximate surface area is 195 Å². The lowest BCUT2D eigenvalue weighted by Crippen LogP contribution is -2.21. The summed E-state index contributed by atoms with van der Waals surface area (Å²) in [6.45, 7) is 12.0. The maximum absolute atomic E-state index is 12.5. The minimum atomic E-state index is -0.595. The fraction of sp³-hybridized carbons (Fsp3) is 0.600. The molecule has 0 aliphatic carbocycles. The second-order valence-electron chi connectivity index (χ2n) is 7.40. The van der Waals surface area contributed by atoms with E-state index in [2.05, 4.69) is 18.7 Å². The van der Waals surface area contributed by atoms with Crippen molar-refractivity contribution >= 4 is 22.4 Å². The van der Waals surface area contributed by atoms with E-state index in [1.54, 1.807) is 6.07 Å². The molecule has 33 heavy (non-hydrogen) atoms. The minimum absolute atomic E-state index is 0.0887. The number of carbonyl (C=O) groups is 1. The maximum Gasteiger partial charge on any atom is 0.347 e. The fourth-order valence-corrected chi connectivity index (χ4v) is 3.35. The quantitative estimate of drug-likeness (QED) is 0.188. The van der Waals surface area contributed by atoms with Gasteiger partial charge in [-0.2, -0.15) is 0 Å². The first-order valence-electron chi connectivity index (χ1n) is 11.8. The number of hydrogen-bond acceptors (Lipinski definition) is 8. The van der Waals surface area contributed by atoms with Crippen LogP contribution in [0.3, 0.4) is 0 Å². The molecule has 0 aliphatic heterocycles. The van der Waals surface area contributed by atoms with Gasteiger partial charge in [-0.1, -0.05) is 0 Å². The highest BCUT2D eigenvalue weighted by atomic mass is 16.6. The molecule has 0 atom stereocenters. The van der Waals surface area contributed by atoms with Crippen molar-refractivity contribution in [3.63, 3.8) is 0 Å². The average molecular weight is 464 g/mol. The van der Waals surface area contributed by atoms with Gasteiger partial charge in [-0.25, -0.2) is 4.79 Å². The predicted octanol–water partition coefficient (Wildman–Crippen LogP) is 3.69. The largest absolute Gasteiger partial charge is 0.422 e. The first-order chi connectivity index (χ1) is 16.1. The minimum Gasteiger partial charge on any atom is -0.422 e. The van der Waals surface area contributed by atoms with E-state index in [-0.39, 0.29) is 17.8 Å². The normalized spacial score (nSPS) is 11.2. The Balaban J connectivity index is 1.68. The van der Waals surface area contributed by atoms with Crippen molar-refractivity contribution in [1.29, 1.82) is 0 Å². The lowest BCUT2D eigenvalue weighted by molar-refractivity contribution is -0.000739. The molecular formula is C25H37NO7. The predicted molar refractivity (Wildman–Crippen MR) is 129 cm³/mol. The monoisotopic (exact) mass is 463 g/mol. The molecule has 0 aliphatic rings. The van der Waals surface area contributed by atoms with E-state index in [9.17, 15) is 9.59 Å². The zero-order chi connectivity index (χ0) is 23.9. The highest BCUT2D eigenvalue weighted by molar-refractivity contribution is 5.98. The number of anilines is 1.